The number of hydrogen-bond donors (Lipinski definition) is 1. The smallest absolute Gasteiger partial charge is 0.255 e. The van der Waals surface area contributed by atoms with Crippen LogP contribution in [0, 0.1) is 0 Å². The minimum absolute atomic E-state index is 0.116. The van der Waals surface area contributed by atoms with Crippen molar-refractivity contribution in [2.75, 3.05) is 21.3 Å². The Morgan fingerprint density at radius 3 is 1.93 bits per heavy atom. The highest BCUT2D eigenvalue weighted by Crippen LogP contribution is 2.34. The quantitative estimate of drug-likeness (QED) is 0.758. The van der Waals surface area contributed by atoms with Gasteiger partial charge < -0.3 is 24.3 Å². The number of ether oxygens (including phenoxy) is 4. The van der Waals surface area contributed by atoms with E-state index in [2.05, 4.69) is 5.32 Å². The van der Waals surface area contributed by atoms with Crippen LogP contribution in [0.5, 0.6) is 23.0 Å². The summed E-state index contributed by atoms with van der Waals surface area (Å²) in [6.07, 6.45) is 0.116. The van der Waals surface area contributed by atoms with Crippen LogP contribution in [0.2, 0.25) is 0 Å². The number of amides is 1. The lowest BCUT2D eigenvalue weighted by atomic mass is 10.1. The number of carbonyl (C=O) groups is 1. The molecule has 6 nitrogen and oxygen atoms in total. The Kier molecular flexibility index (Phi) is 6.93. The standard InChI is InChI=1S/C21H27NO5/c1-13(2)27-16-9-7-15(8-10-16)14(3)22-21(23)17-11-19(25-5)20(26-6)12-18(17)24-4/h7-14H,1-6H3,(H,22,23). The van der Waals surface area contributed by atoms with Crippen molar-refractivity contribution in [1.82, 2.24) is 5.32 Å². The maximum atomic E-state index is 12.8. The molecule has 1 N–H and O–H groups in total. The minimum Gasteiger partial charge on any atom is -0.496 e. The van der Waals surface area contributed by atoms with Gasteiger partial charge in [-0.25, -0.2) is 0 Å². The number of rotatable bonds is 8. The third kappa shape index (κ3) is 5.06. The van der Waals surface area contributed by atoms with Gasteiger partial charge in [0, 0.05) is 12.1 Å². The Bertz CT molecular complexity index is 771. The summed E-state index contributed by atoms with van der Waals surface area (Å²) < 4.78 is 21.5. The van der Waals surface area contributed by atoms with Gasteiger partial charge in [0.2, 0.25) is 0 Å². The second-order valence-corrected chi connectivity index (χ2v) is 6.34. The predicted molar refractivity (Wildman–Crippen MR) is 104 cm³/mol. The van der Waals surface area contributed by atoms with Gasteiger partial charge in [0.05, 0.1) is 39.0 Å². The summed E-state index contributed by atoms with van der Waals surface area (Å²) in [5.74, 6) is 1.92. The highest BCUT2D eigenvalue weighted by Gasteiger charge is 2.19. The first-order valence-corrected chi connectivity index (χ1v) is 8.77. The molecular formula is C21H27NO5. The molecule has 0 aliphatic heterocycles. The summed E-state index contributed by atoms with van der Waals surface area (Å²) in [6.45, 7) is 5.88. The first-order chi connectivity index (χ1) is 12.9. The molecule has 0 heterocycles. The predicted octanol–water partition coefficient (Wildman–Crippen LogP) is 3.99. The van der Waals surface area contributed by atoms with Gasteiger partial charge in [-0.3, -0.25) is 4.79 Å². The van der Waals surface area contributed by atoms with E-state index in [1.165, 1.54) is 21.3 Å². The summed E-state index contributed by atoms with van der Waals surface area (Å²) >= 11 is 0. The fourth-order valence-corrected chi connectivity index (χ4v) is 2.67. The van der Waals surface area contributed by atoms with Gasteiger partial charge in [0.25, 0.3) is 5.91 Å². The van der Waals surface area contributed by atoms with Gasteiger partial charge in [0.15, 0.2) is 11.5 Å². The molecule has 0 aliphatic rings. The van der Waals surface area contributed by atoms with E-state index in [9.17, 15) is 4.79 Å². The van der Waals surface area contributed by atoms with E-state index in [0.29, 0.717) is 22.8 Å². The molecule has 0 saturated heterocycles. The van der Waals surface area contributed by atoms with E-state index >= 15 is 0 Å². The van der Waals surface area contributed by atoms with Crippen molar-refractivity contribution in [1.29, 1.82) is 0 Å². The highest BCUT2D eigenvalue weighted by molar-refractivity contribution is 5.98. The van der Waals surface area contributed by atoms with Crippen LogP contribution >= 0.6 is 0 Å². The van der Waals surface area contributed by atoms with E-state index in [-0.39, 0.29) is 18.1 Å². The number of nitrogens with one attached hydrogen (secondary N) is 1. The fourth-order valence-electron chi connectivity index (χ4n) is 2.67. The topological polar surface area (TPSA) is 66.0 Å². The number of hydrogen-bond acceptors (Lipinski definition) is 5. The van der Waals surface area contributed by atoms with Gasteiger partial charge >= 0.3 is 0 Å². The number of methoxy groups -OCH3 is 3. The van der Waals surface area contributed by atoms with Gasteiger partial charge in [-0.1, -0.05) is 12.1 Å². The zero-order valence-corrected chi connectivity index (χ0v) is 16.7. The van der Waals surface area contributed by atoms with Crippen molar-refractivity contribution in [2.24, 2.45) is 0 Å². The van der Waals surface area contributed by atoms with E-state index in [1.54, 1.807) is 12.1 Å². The molecule has 0 saturated carbocycles. The molecule has 2 aromatic carbocycles. The molecule has 27 heavy (non-hydrogen) atoms. The molecule has 0 aliphatic carbocycles. The normalized spacial score (nSPS) is 11.7. The fraction of sp³-hybridized carbons (Fsp3) is 0.381. The molecule has 2 aromatic rings. The van der Waals surface area contributed by atoms with E-state index in [0.717, 1.165) is 11.3 Å². The average Bonchev–Trinajstić information content (AvgIpc) is 2.66. The summed E-state index contributed by atoms with van der Waals surface area (Å²) in [5.41, 5.74) is 1.35. The van der Waals surface area contributed by atoms with E-state index in [1.807, 2.05) is 45.0 Å². The minimum atomic E-state index is -0.261. The molecule has 0 spiro atoms. The van der Waals surface area contributed by atoms with Crippen LogP contribution in [0.4, 0.5) is 0 Å². The molecule has 6 heteroatoms. The monoisotopic (exact) mass is 373 g/mol. The third-order valence-electron chi connectivity index (χ3n) is 4.05. The summed E-state index contributed by atoms with van der Waals surface area (Å²) in [4.78, 5) is 12.8. The zero-order chi connectivity index (χ0) is 20.0. The molecule has 1 amide bonds. The third-order valence-corrected chi connectivity index (χ3v) is 4.05. The van der Waals surface area contributed by atoms with Crippen molar-refractivity contribution < 1.29 is 23.7 Å². The molecule has 1 atom stereocenters. The van der Waals surface area contributed by atoms with Crippen LogP contribution in [-0.2, 0) is 0 Å². The zero-order valence-electron chi connectivity index (χ0n) is 16.7. The molecule has 0 fully saturated rings. The van der Waals surface area contributed by atoms with Crippen molar-refractivity contribution >= 4 is 5.91 Å². The van der Waals surface area contributed by atoms with Crippen molar-refractivity contribution in [3.63, 3.8) is 0 Å². The molecule has 0 bridgehead atoms. The van der Waals surface area contributed by atoms with Crippen LogP contribution in [0.15, 0.2) is 36.4 Å². The lowest BCUT2D eigenvalue weighted by Gasteiger charge is -2.18. The van der Waals surface area contributed by atoms with Crippen molar-refractivity contribution in [3.8, 4) is 23.0 Å². The highest BCUT2D eigenvalue weighted by atomic mass is 16.5. The van der Waals surface area contributed by atoms with Crippen molar-refractivity contribution in [3.05, 3.63) is 47.5 Å². The molecule has 0 aromatic heterocycles. The summed E-state index contributed by atoms with van der Waals surface area (Å²) in [7, 11) is 4.57. The van der Waals surface area contributed by atoms with Crippen LogP contribution in [0.3, 0.4) is 0 Å². The Labute approximate surface area is 160 Å². The molecule has 2 rings (SSSR count). The van der Waals surface area contributed by atoms with Crippen LogP contribution < -0.4 is 24.3 Å². The van der Waals surface area contributed by atoms with Crippen molar-refractivity contribution in [2.45, 2.75) is 32.9 Å². The Morgan fingerprint density at radius 2 is 1.41 bits per heavy atom. The molecule has 0 radical (unpaired) electrons. The number of carbonyl (C=O) groups excluding carboxylic acids is 1. The lowest BCUT2D eigenvalue weighted by molar-refractivity contribution is 0.0936. The van der Waals surface area contributed by atoms with Crippen LogP contribution in [0.25, 0.3) is 0 Å². The summed E-state index contributed by atoms with van der Waals surface area (Å²) in [5, 5.41) is 2.98. The first-order valence-electron chi connectivity index (χ1n) is 8.77. The van der Waals surface area contributed by atoms with Crippen LogP contribution in [0.1, 0.15) is 42.7 Å². The maximum Gasteiger partial charge on any atom is 0.255 e. The first kappa shape index (κ1) is 20.4. The molecule has 1 unspecified atom stereocenters. The second-order valence-electron chi connectivity index (χ2n) is 6.34. The summed E-state index contributed by atoms with van der Waals surface area (Å²) in [6, 6.07) is 10.7. The van der Waals surface area contributed by atoms with Gasteiger partial charge in [-0.2, -0.15) is 0 Å². The maximum absolute atomic E-state index is 12.8. The van der Waals surface area contributed by atoms with Gasteiger partial charge in [0.1, 0.15) is 11.5 Å². The molecule has 146 valence electrons. The second kappa shape index (κ2) is 9.16. The Morgan fingerprint density at radius 1 is 0.852 bits per heavy atom. The largest absolute Gasteiger partial charge is 0.496 e. The Balaban J connectivity index is 2.18. The van der Waals surface area contributed by atoms with E-state index in [4.69, 9.17) is 18.9 Å². The number of benzene rings is 2. The van der Waals surface area contributed by atoms with Crippen LogP contribution in [-0.4, -0.2) is 33.3 Å². The average molecular weight is 373 g/mol. The SMILES string of the molecule is COc1cc(OC)c(C(=O)NC(C)c2ccc(OC(C)C)cc2)cc1OC. The Hall–Kier alpha value is -2.89. The molecular weight excluding hydrogens is 346 g/mol. The van der Waals surface area contributed by atoms with Gasteiger partial charge in [-0.15, -0.1) is 0 Å². The van der Waals surface area contributed by atoms with E-state index < -0.39 is 0 Å². The lowest BCUT2D eigenvalue weighted by Crippen LogP contribution is -2.27. The van der Waals surface area contributed by atoms with Gasteiger partial charge in [-0.05, 0) is 38.5 Å².